The molecule has 0 aromatic heterocycles. The first-order valence-electron chi connectivity index (χ1n) is 10.4. The fourth-order valence-corrected chi connectivity index (χ4v) is 4.42. The maximum atomic E-state index is 12.7. The molecule has 158 valence electrons. The molecule has 0 unspecified atom stereocenters. The number of amides is 1. The zero-order valence-corrected chi connectivity index (χ0v) is 20.1. The standard InChI is InChI=1S/C20H39N5O.HI/c1-5-21-19(22-14-15-25(4)17-10-6-7-11-17)23-16-20(12-8-9-13-20)18(26)24(2)3;/h17H,5-16H2,1-4H3,(H2,21,22,23);1H. The molecule has 0 saturated heterocycles. The summed E-state index contributed by atoms with van der Waals surface area (Å²) in [7, 11) is 5.94. The molecular weight excluding hydrogens is 453 g/mol. The smallest absolute Gasteiger partial charge is 0.230 e. The van der Waals surface area contributed by atoms with E-state index in [0.29, 0.717) is 6.54 Å². The van der Waals surface area contributed by atoms with Crippen molar-refractivity contribution in [2.24, 2.45) is 10.4 Å². The van der Waals surface area contributed by atoms with Crippen LogP contribution in [0.5, 0.6) is 0 Å². The van der Waals surface area contributed by atoms with Crippen molar-refractivity contribution in [2.75, 3.05) is 47.3 Å². The number of carbonyl (C=O) groups excluding carboxylic acids is 1. The van der Waals surface area contributed by atoms with E-state index < -0.39 is 0 Å². The van der Waals surface area contributed by atoms with Gasteiger partial charge in [0, 0.05) is 39.8 Å². The van der Waals surface area contributed by atoms with Crippen molar-refractivity contribution in [3.05, 3.63) is 0 Å². The zero-order valence-electron chi connectivity index (χ0n) is 17.7. The van der Waals surface area contributed by atoms with Gasteiger partial charge in [-0.15, -0.1) is 24.0 Å². The second-order valence-corrected chi connectivity index (χ2v) is 8.23. The summed E-state index contributed by atoms with van der Waals surface area (Å²) < 4.78 is 0. The Labute approximate surface area is 182 Å². The Morgan fingerprint density at radius 3 is 2.26 bits per heavy atom. The summed E-state index contributed by atoms with van der Waals surface area (Å²) in [6.45, 7) is 5.40. The summed E-state index contributed by atoms with van der Waals surface area (Å²) in [6, 6.07) is 0.746. The van der Waals surface area contributed by atoms with Crippen LogP contribution in [0.25, 0.3) is 0 Å². The van der Waals surface area contributed by atoms with Crippen LogP contribution in [0.4, 0.5) is 0 Å². The molecule has 0 bridgehead atoms. The Kier molecular flexibility index (Phi) is 11.0. The topological polar surface area (TPSA) is 60.0 Å². The largest absolute Gasteiger partial charge is 0.357 e. The van der Waals surface area contributed by atoms with Crippen LogP contribution in [-0.2, 0) is 4.79 Å². The van der Waals surface area contributed by atoms with Gasteiger partial charge in [-0.2, -0.15) is 0 Å². The number of carbonyl (C=O) groups is 1. The van der Waals surface area contributed by atoms with Gasteiger partial charge in [0.15, 0.2) is 5.96 Å². The normalized spacial score (nSPS) is 19.8. The zero-order chi connectivity index (χ0) is 19.0. The van der Waals surface area contributed by atoms with E-state index in [1.54, 1.807) is 4.90 Å². The lowest BCUT2D eigenvalue weighted by atomic mass is 9.85. The van der Waals surface area contributed by atoms with Crippen LogP contribution < -0.4 is 10.6 Å². The minimum Gasteiger partial charge on any atom is -0.357 e. The predicted octanol–water partition coefficient (Wildman–Crippen LogP) is 2.68. The molecule has 2 saturated carbocycles. The van der Waals surface area contributed by atoms with Crippen LogP contribution in [0, 0.1) is 5.41 Å². The van der Waals surface area contributed by atoms with Gasteiger partial charge in [-0.25, -0.2) is 0 Å². The Balaban J connectivity index is 0.00000364. The Morgan fingerprint density at radius 1 is 1.07 bits per heavy atom. The molecule has 2 rings (SSSR count). The van der Waals surface area contributed by atoms with Gasteiger partial charge >= 0.3 is 0 Å². The van der Waals surface area contributed by atoms with Crippen molar-refractivity contribution >= 4 is 35.8 Å². The quantitative estimate of drug-likeness (QED) is 0.310. The summed E-state index contributed by atoms with van der Waals surface area (Å²) in [5.41, 5.74) is -0.299. The summed E-state index contributed by atoms with van der Waals surface area (Å²) in [5.74, 6) is 1.07. The Hall–Kier alpha value is -0.570. The first kappa shape index (κ1) is 24.5. The first-order chi connectivity index (χ1) is 12.5. The number of hydrogen-bond donors (Lipinski definition) is 2. The third-order valence-corrected chi connectivity index (χ3v) is 6.01. The van der Waals surface area contributed by atoms with Crippen LogP contribution in [0.1, 0.15) is 58.3 Å². The van der Waals surface area contributed by atoms with Gasteiger partial charge in [-0.3, -0.25) is 9.79 Å². The summed E-state index contributed by atoms with van der Waals surface area (Å²) >= 11 is 0. The van der Waals surface area contributed by atoms with E-state index in [1.165, 1.54) is 25.7 Å². The van der Waals surface area contributed by atoms with Crippen molar-refractivity contribution in [1.82, 2.24) is 20.4 Å². The molecule has 0 aromatic rings. The van der Waals surface area contributed by atoms with Crippen molar-refractivity contribution in [1.29, 1.82) is 0 Å². The van der Waals surface area contributed by atoms with Crippen LogP contribution in [-0.4, -0.2) is 75.0 Å². The molecule has 0 atom stereocenters. The van der Waals surface area contributed by atoms with Gasteiger partial charge in [-0.1, -0.05) is 25.7 Å². The molecule has 1 amide bonds. The van der Waals surface area contributed by atoms with Gasteiger partial charge in [-0.05, 0) is 39.7 Å². The molecular formula is C20H40IN5O. The van der Waals surface area contributed by atoms with E-state index in [9.17, 15) is 4.79 Å². The lowest BCUT2D eigenvalue weighted by molar-refractivity contribution is -0.138. The van der Waals surface area contributed by atoms with E-state index >= 15 is 0 Å². The van der Waals surface area contributed by atoms with E-state index in [0.717, 1.165) is 57.3 Å². The van der Waals surface area contributed by atoms with Gasteiger partial charge in [0.1, 0.15) is 0 Å². The number of aliphatic imine (C=N–C) groups is 1. The van der Waals surface area contributed by atoms with Crippen molar-refractivity contribution in [2.45, 2.75) is 64.3 Å². The SMILES string of the molecule is CCNC(=NCC1(C(=O)N(C)C)CCCC1)NCCN(C)C1CCCC1.I. The molecule has 2 aliphatic rings. The molecule has 0 aromatic carbocycles. The van der Waals surface area contributed by atoms with Gasteiger partial charge in [0.2, 0.25) is 5.91 Å². The number of nitrogens with zero attached hydrogens (tertiary/aromatic N) is 3. The van der Waals surface area contributed by atoms with Gasteiger partial charge < -0.3 is 20.4 Å². The van der Waals surface area contributed by atoms with E-state index in [4.69, 9.17) is 4.99 Å². The lowest BCUT2D eigenvalue weighted by Gasteiger charge is -2.29. The lowest BCUT2D eigenvalue weighted by Crippen LogP contribution is -2.44. The molecule has 6 nitrogen and oxygen atoms in total. The van der Waals surface area contributed by atoms with Crippen LogP contribution in [0.2, 0.25) is 0 Å². The van der Waals surface area contributed by atoms with Gasteiger partial charge in [0.05, 0.1) is 12.0 Å². The Bertz CT molecular complexity index is 471. The van der Waals surface area contributed by atoms with E-state index in [-0.39, 0.29) is 35.3 Å². The molecule has 2 aliphatic carbocycles. The van der Waals surface area contributed by atoms with E-state index in [1.807, 2.05) is 14.1 Å². The highest BCUT2D eigenvalue weighted by Crippen LogP contribution is 2.39. The second kappa shape index (κ2) is 12.1. The average Bonchev–Trinajstić information content (AvgIpc) is 3.31. The van der Waals surface area contributed by atoms with Crippen molar-refractivity contribution in [3.63, 3.8) is 0 Å². The predicted molar refractivity (Wildman–Crippen MR) is 124 cm³/mol. The highest BCUT2D eigenvalue weighted by molar-refractivity contribution is 14.0. The number of nitrogens with one attached hydrogen (secondary N) is 2. The minimum atomic E-state index is -0.299. The molecule has 0 radical (unpaired) electrons. The average molecular weight is 493 g/mol. The number of halogens is 1. The van der Waals surface area contributed by atoms with Crippen molar-refractivity contribution in [3.8, 4) is 0 Å². The summed E-state index contributed by atoms with van der Waals surface area (Å²) in [6.07, 6.45) is 9.58. The van der Waals surface area contributed by atoms with Crippen LogP contribution in [0.15, 0.2) is 4.99 Å². The molecule has 27 heavy (non-hydrogen) atoms. The highest BCUT2D eigenvalue weighted by atomic mass is 127. The number of rotatable bonds is 8. The number of hydrogen-bond acceptors (Lipinski definition) is 3. The maximum Gasteiger partial charge on any atom is 0.230 e. The third kappa shape index (κ3) is 7.07. The number of likely N-dealkylation sites (N-methyl/N-ethyl adjacent to an activating group) is 1. The van der Waals surface area contributed by atoms with E-state index in [2.05, 4.69) is 29.5 Å². The monoisotopic (exact) mass is 493 g/mol. The maximum absolute atomic E-state index is 12.7. The second-order valence-electron chi connectivity index (χ2n) is 8.23. The molecule has 0 spiro atoms. The fraction of sp³-hybridized carbons (Fsp3) is 0.900. The molecule has 0 heterocycles. The molecule has 2 fully saturated rings. The fourth-order valence-electron chi connectivity index (χ4n) is 4.42. The number of guanidine groups is 1. The van der Waals surface area contributed by atoms with Crippen LogP contribution >= 0.6 is 24.0 Å². The molecule has 2 N–H and O–H groups in total. The van der Waals surface area contributed by atoms with Crippen molar-refractivity contribution < 1.29 is 4.79 Å². The molecule has 7 heteroatoms. The summed E-state index contributed by atoms with van der Waals surface area (Å²) in [5, 5.41) is 6.79. The highest BCUT2D eigenvalue weighted by Gasteiger charge is 2.42. The third-order valence-electron chi connectivity index (χ3n) is 6.01. The Morgan fingerprint density at radius 2 is 1.70 bits per heavy atom. The minimum absolute atomic E-state index is 0. The van der Waals surface area contributed by atoms with Gasteiger partial charge in [0.25, 0.3) is 0 Å². The van der Waals surface area contributed by atoms with Crippen LogP contribution in [0.3, 0.4) is 0 Å². The first-order valence-corrected chi connectivity index (χ1v) is 10.4. The molecule has 0 aliphatic heterocycles. The summed E-state index contributed by atoms with van der Waals surface area (Å²) in [4.78, 5) is 21.7.